The molecule has 0 fully saturated rings. The molecular weight excluding hydrogens is 607 g/mol. The number of benzene rings is 5. The van der Waals surface area contributed by atoms with Crippen molar-refractivity contribution in [1.29, 1.82) is 0 Å². The van der Waals surface area contributed by atoms with E-state index >= 15 is 0 Å². The average Bonchev–Trinajstić information content (AvgIpc) is 3.61. The van der Waals surface area contributed by atoms with Crippen LogP contribution in [0.4, 0.5) is 33.4 Å². The Bertz CT molecular complexity index is 2460. The normalized spacial score (nSPS) is 15.5. The molecule has 2 nitrogen and oxygen atoms in total. The second-order valence-electron chi connectivity index (χ2n) is 15.1. The maximum Gasteiger partial charge on any atom is 0.266 e. The molecule has 0 atom stereocenters. The SMILES string of the molecule is Cc1cc2c3c(c1)N1c4ccccc4C(C)(C)c4cccc5sc(c1c45)B3c1c(sc3ccccc13)N2c1ccc(C(C)(C)C)cc1. The summed E-state index contributed by atoms with van der Waals surface area (Å²) < 4.78 is 4.19. The highest BCUT2D eigenvalue weighted by molar-refractivity contribution is 7.35. The zero-order valence-corrected chi connectivity index (χ0v) is 29.2. The van der Waals surface area contributed by atoms with Crippen LogP contribution in [0.1, 0.15) is 56.9 Å². The Kier molecular flexibility index (Phi) is 5.42. The van der Waals surface area contributed by atoms with Crippen molar-refractivity contribution in [1.82, 2.24) is 0 Å². The van der Waals surface area contributed by atoms with E-state index in [2.05, 4.69) is 154 Å². The van der Waals surface area contributed by atoms with Crippen molar-refractivity contribution in [2.45, 2.75) is 52.4 Å². The summed E-state index contributed by atoms with van der Waals surface area (Å²) in [5.41, 5.74) is 14.8. The molecule has 5 heterocycles. The van der Waals surface area contributed by atoms with Crippen LogP contribution < -0.4 is 25.5 Å². The monoisotopic (exact) mass is 642 g/mol. The van der Waals surface area contributed by atoms with E-state index in [0.717, 1.165) is 0 Å². The molecular formula is C42H35BN2S2. The van der Waals surface area contributed by atoms with Gasteiger partial charge in [-0.15, -0.1) is 22.7 Å². The van der Waals surface area contributed by atoms with Crippen molar-refractivity contribution in [3.8, 4) is 0 Å². The van der Waals surface area contributed by atoms with Crippen LogP contribution >= 0.6 is 22.7 Å². The zero-order valence-electron chi connectivity index (χ0n) is 27.6. The molecule has 0 spiro atoms. The van der Waals surface area contributed by atoms with Crippen molar-refractivity contribution in [3.63, 3.8) is 0 Å². The molecule has 3 aliphatic heterocycles. The third-order valence-electron chi connectivity index (χ3n) is 10.8. The van der Waals surface area contributed by atoms with E-state index < -0.39 is 0 Å². The van der Waals surface area contributed by atoms with Crippen molar-refractivity contribution in [2.75, 3.05) is 9.80 Å². The Morgan fingerprint density at radius 2 is 1.34 bits per heavy atom. The molecule has 0 amide bonds. The molecule has 0 N–H and O–H groups in total. The molecule has 5 aromatic carbocycles. The molecule has 7 aromatic rings. The van der Waals surface area contributed by atoms with E-state index in [4.69, 9.17) is 0 Å². The van der Waals surface area contributed by atoms with Gasteiger partial charge in [0.25, 0.3) is 6.71 Å². The number of thiophene rings is 2. The number of nitrogens with zero attached hydrogens (tertiary/aromatic N) is 2. The fourth-order valence-corrected chi connectivity index (χ4v) is 11.2. The van der Waals surface area contributed by atoms with Gasteiger partial charge in [0.2, 0.25) is 0 Å². The lowest BCUT2D eigenvalue weighted by Crippen LogP contribution is -2.60. The van der Waals surface area contributed by atoms with Crippen molar-refractivity contribution < 1.29 is 0 Å². The van der Waals surface area contributed by atoms with Gasteiger partial charge in [-0.05, 0) is 93.4 Å². The van der Waals surface area contributed by atoms with Gasteiger partial charge in [0.1, 0.15) is 0 Å². The van der Waals surface area contributed by atoms with Gasteiger partial charge < -0.3 is 9.80 Å². The number of hydrogen-bond donors (Lipinski definition) is 0. The smallest absolute Gasteiger partial charge is 0.266 e. The molecule has 3 aliphatic rings. The predicted octanol–water partition coefficient (Wildman–Crippen LogP) is 10.4. The molecule has 10 rings (SSSR count). The van der Waals surface area contributed by atoms with Crippen LogP contribution in [-0.4, -0.2) is 6.71 Å². The largest absolute Gasteiger partial charge is 0.310 e. The number of hydrogen-bond acceptors (Lipinski definition) is 4. The maximum absolute atomic E-state index is 2.64. The van der Waals surface area contributed by atoms with Crippen LogP contribution in [0.15, 0.2) is 103 Å². The third kappa shape index (κ3) is 3.57. The standard InChI is InChI=1S/C42H35BN2S2/c1-24-22-31-37-32(23-24)45-30-15-9-8-13-28(30)42(5,6)29-14-11-17-34-35(29)38(45)39(46-34)43(37)36-27-12-7-10-16-33(27)47-40(36)44(31)26-20-18-25(19-21-26)41(2,3)4/h7-23H,1-6H3. The van der Waals surface area contributed by atoms with Gasteiger partial charge in [-0.3, -0.25) is 0 Å². The van der Waals surface area contributed by atoms with Crippen LogP contribution in [0, 0.1) is 6.92 Å². The van der Waals surface area contributed by atoms with Crippen LogP contribution in [0.3, 0.4) is 0 Å². The summed E-state index contributed by atoms with van der Waals surface area (Å²) in [5, 5.41) is 4.14. The molecule has 0 saturated carbocycles. The Hall–Kier alpha value is -4.32. The van der Waals surface area contributed by atoms with Gasteiger partial charge in [0.05, 0.1) is 16.4 Å². The van der Waals surface area contributed by atoms with E-state index in [-0.39, 0.29) is 17.5 Å². The van der Waals surface area contributed by atoms with E-state index in [0.29, 0.717) is 0 Å². The lowest BCUT2D eigenvalue weighted by molar-refractivity contribution is 0.590. The second-order valence-corrected chi connectivity index (χ2v) is 17.2. The first kappa shape index (κ1) is 27.8. The Labute approximate surface area is 285 Å². The summed E-state index contributed by atoms with van der Waals surface area (Å²) in [5.74, 6) is 0. The molecule has 228 valence electrons. The van der Waals surface area contributed by atoms with Gasteiger partial charge >= 0.3 is 0 Å². The maximum atomic E-state index is 2.64. The highest BCUT2D eigenvalue weighted by Crippen LogP contribution is 2.55. The van der Waals surface area contributed by atoms with Crippen LogP contribution in [0.25, 0.3) is 20.2 Å². The number of anilines is 6. The fraction of sp³-hybridized carbons (Fsp3) is 0.190. The number of rotatable bonds is 1. The van der Waals surface area contributed by atoms with E-state index in [1.54, 1.807) is 0 Å². The summed E-state index contributed by atoms with van der Waals surface area (Å²) in [6.07, 6.45) is 0. The quantitative estimate of drug-likeness (QED) is 0.165. The molecule has 5 heteroatoms. The van der Waals surface area contributed by atoms with Crippen LogP contribution in [0.5, 0.6) is 0 Å². The molecule has 0 saturated heterocycles. The fourth-order valence-electron chi connectivity index (χ4n) is 8.61. The summed E-state index contributed by atoms with van der Waals surface area (Å²) in [7, 11) is 0. The minimum Gasteiger partial charge on any atom is -0.310 e. The molecule has 0 bridgehead atoms. The topological polar surface area (TPSA) is 6.48 Å². The number of fused-ring (bicyclic) bond motifs is 8. The van der Waals surface area contributed by atoms with Gasteiger partial charge in [-0.1, -0.05) is 95.3 Å². The minimum absolute atomic E-state index is 0.0984. The molecule has 0 unspecified atom stereocenters. The molecule has 0 aliphatic carbocycles. The summed E-state index contributed by atoms with van der Waals surface area (Å²) in [4.78, 5) is 5.22. The minimum atomic E-state index is -0.147. The summed E-state index contributed by atoms with van der Waals surface area (Å²) in [6.45, 7) is 14.1. The average molecular weight is 643 g/mol. The summed E-state index contributed by atoms with van der Waals surface area (Å²) >= 11 is 3.95. The Morgan fingerprint density at radius 3 is 2.13 bits per heavy atom. The number of para-hydroxylation sites is 1. The van der Waals surface area contributed by atoms with E-state index in [1.165, 1.54) is 91.6 Å². The van der Waals surface area contributed by atoms with Gasteiger partial charge in [0.15, 0.2) is 0 Å². The molecule has 2 aromatic heterocycles. The summed E-state index contributed by atoms with van der Waals surface area (Å²) in [6, 6.07) is 39.4. The predicted molar refractivity (Wildman–Crippen MR) is 207 cm³/mol. The van der Waals surface area contributed by atoms with Crippen molar-refractivity contribution in [2.24, 2.45) is 0 Å². The van der Waals surface area contributed by atoms with Crippen LogP contribution in [-0.2, 0) is 10.8 Å². The van der Waals surface area contributed by atoms with Gasteiger partial charge in [-0.2, -0.15) is 0 Å². The third-order valence-corrected chi connectivity index (χ3v) is 13.2. The number of aryl methyl sites for hydroxylation is 1. The highest BCUT2D eigenvalue weighted by atomic mass is 32.1. The van der Waals surface area contributed by atoms with Gasteiger partial charge in [-0.25, -0.2) is 0 Å². The molecule has 0 radical (unpaired) electrons. The lowest BCUT2D eigenvalue weighted by atomic mass is 9.36. The Morgan fingerprint density at radius 1 is 0.660 bits per heavy atom. The first-order valence-electron chi connectivity index (χ1n) is 16.6. The lowest BCUT2D eigenvalue weighted by Gasteiger charge is -2.42. The van der Waals surface area contributed by atoms with E-state index in [1.807, 2.05) is 22.7 Å². The zero-order chi connectivity index (χ0) is 32.0. The van der Waals surface area contributed by atoms with Gasteiger partial charge in [0, 0.05) is 42.0 Å². The van der Waals surface area contributed by atoms with Crippen molar-refractivity contribution >= 4 is 98.7 Å². The first-order chi connectivity index (χ1) is 22.6. The van der Waals surface area contributed by atoms with E-state index in [9.17, 15) is 0 Å². The second kappa shape index (κ2) is 9.18. The first-order valence-corrected chi connectivity index (χ1v) is 18.3. The van der Waals surface area contributed by atoms with Crippen LogP contribution in [0.2, 0.25) is 0 Å². The van der Waals surface area contributed by atoms with Crippen molar-refractivity contribution in [3.05, 3.63) is 125 Å². The molecule has 47 heavy (non-hydrogen) atoms. The Balaban J connectivity index is 1.36. The highest BCUT2D eigenvalue weighted by Gasteiger charge is 2.49.